The monoisotopic (exact) mass is 592 g/mol. The number of morpholine rings is 1. The summed E-state index contributed by atoms with van der Waals surface area (Å²) in [5.41, 5.74) is 4.83. The molecule has 1 aromatic carbocycles. The molecule has 2 amide bonds. The van der Waals surface area contributed by atoms with Crippen molar-refractivity contribution in [1.82, 2.24) is 30.2 Å². The molecular formula is C33H36N8O3. The van der Waals surface area contributed by atoms with Crippen LogP contribution in [0.5, 0.6) is 0 Å². The van der Waals surface area contributed by atoms with E-state index in [1.165, 1.54) is 0 Å². The molecule has 3 aromatic heterocycles. The fraction of sp³-hybridized carbons (Fsp3) is 0.424. The van der Waals surface area contributed by atoms with E-state index in [4.69, 9.17) is 4.74 Å². The summed E-state index contributed by atoms with van der Waals surface area (Å²) in [6.07, 6.45) is 7.52. The highest BCUT2D eigenvalue weighted by molar-refractivity contribution is 6.03. The van der Waals surface area contributed by atoms with Gasteiger partial charge in [0, 0.05) is 49.8 Å². The van der Waals surface area contributed by atoms with Gasteiger partial charge in [-0.3, -0.25) is 19.5 Å². The molecule has 2 aliphatic carbocycles. The number of anilines is 2. The second kappa shape index (κ2) is 11.0. The van der Waals surface area contributed by atoms with Crippen molar-refractivity contribution in [1.29, 1.82) is 0 Å². The van der Waals surface area contributed by atoms with Crippen LogP contribution in [-0.4, -0.2) is 82.1 Å². The molecule has 11 heteroatoms. The smallest absolute Gasteiger partial charge is 0.274 e. The van der Waals surface area contributed by atoms with Crippen molar-refractivity contribution in [2.75, 3.05) is 49.6 Å². The Kier molecular flexibility index (Phi) is 6.79. The van der Waals surface area contributed by atoms with Crippen molar-refractivity contribution in [3.05, 3.63) is 66.2 Å². The molecule has 2 saturated heterocycles. The molecule has 1 atom stereocenters. The van der Waals surface area contributed by atoms with Crippen LogP contribution in [0.25, 0.3) is 22.3 Å². The van der Waals surface area contributed by atoms with Gasteiger partial charge in [0.15, 0.2) is 0 Å². The number of rotatable bonds is 8. The second-order valence-corrected chi connectivity index (χ2v) is 12.6. The van der Waals surface area contributed by atoms with Gasteiger partial charge in [-0.2, -0.15) is 0 Å². The Labute approximate surface area is 255 Å². The average molecular weight is 593 g/mol. The number of piperidine rings is 1. The zero-order chi connectivity index (χ0) is 29.7. The molecule has 3 N–H and O–H groups in total. The number of aromatic nitrogens is 4. The number of carbonyl (C=O) groups is 2. The second-order valence-electron chi connectivity index (χ2n) is 12.6. The summed E-state index contributed by atoms with van der Waals surface area (Å²) >= 11 is 0. The number of ether oxygens (including phenoxy) is 1. The van der Waals surface area contributed by atoms with Gasteiger partial charge in [0.05, 0.1) is 24.0 Å². The Morgan fingerprint density at radius 2 is 1.84 bits per heavy atom. The van der Waals surface area contributed by atoms with Crippen LogP contribution in [0.4, 0.5) is 11.5 Å². The van der Waals surface area contributed by atoms with Crippen molar-refractivity contribution >= 4 is 34.4 Å². The number of likely N-dealkylation sites (tertiary alicyclic amines) is 1. The van der Waals surface area contributed by atoms with Gasteiger partial charge >= 0.3 is 0 Å². The van der Waals surface area contributed by atoms with Gasteiger partial charge in [0.2, 0.25) is 5.91 Å². The van der Waals surface area contributed by atoms with Gasteiger partial charge in [-0.1, -0.05) is 12.1 Å². The summed E-state index contributed by atoms with van der Waals surface area (Å²) in [7, 11) is 0. The van der Waals surface area contributed by atoms with E-state index in [0.717, 1.165) is 92.1 Å². The topological polar surface area (TPSA) is 128 Å². The molecule has 8 rings (SSSR count). The lowest BCUT2D eigenvalue weighted by Crippen LogP contribution is -2.48. The van der Waals surface area contributed by atoms with Crippen molar-refractivity contribution in [2.45, 2.75) is 38.3 Å². The summed E-state index contributed by atoms with van der Waals surface area (Å²) in [5, 5.41) is 7.27. The van der Waals surface area contributed by atoms with Crippen LogP contribution in [0.15, 0.2) is 55.0 Å². The number of hydrogen-bond acceptors (Lipinski definition) is 8. The number of nitrogens with one attached hydrogen (secondary N) is 3. The number of aromatic amines is 1. The van der Waals surface area contributed by atoms with Crippen molar-refractivity contribution < 1.29 is 14.3 Å². The Bertz CT molecular complexity index is 1710. The highest BCUT2D eigenvalue weighted by Crippen LogP contribution is 2.75. The van der Waals surface area contributed by atoms with E-state index in [1.807, 2.05) is 36.4 Å². The summed E-state index contributed by atoms with van der Waals surface area (Å²) in [4.78, 5) is 47.0. The van der Waals surface area contributed by atoms with E-state index >= 15 is 0 Å². The van der Waals surface area contributed by atoms with Gasteiger partial charge in [0.25, 0.3) is 5.91 Å². The third-order valence-corrected chi connectivity index (χ3v) is 9.61. The van der Waals surface area contributed by atoms with E-state index < -0.39 is 0 Å². The largest absolute Gasteiger partial charge is 0.378 e. The normalized spacial score (nSPS) is 24.5. The first-order chi connectivity index (χ1) is 21.5. The molecule has 2 aliphatic heterocycles. The van der Waals surface area contributed by atoms with E-state index in [2.05, 4.69) is 46.4 Å². The average Bonchev–Trinajstić information content (AvgIpc) is 3.90. The first-order valence-electron chi connectivity index (χ1n) is 15.6. The highest BCUT2D eigenvalue weighted by Gasteiger charge is 2.74. The fourth-order valence-electron chi connectivity index (χ4n) is 6.71. The Balaban J connectivity index is 0.899. The Hall–Kier alpha value is -4.35. The van der Waals surface area contributed by atoms with Crippen molar-refractivity contribution in [3.63, 3.8) is 0 Å². The molecule has 0 bridgehead atoms. The van der Waals surface area contributed by atoms with E-state index in [0.29, 0.717) is 30.5 Å². The number of benzene rings is 1. The fourth-order valence-corrected chi connectivity index (χ4v) is 6.71. The van der Waals surface area contributed by atoms with E-state index in [9.17, 15) is 9.59 Å². The number of amides is 2. The molecule has 2 saturated carbocycles. The standard InChI is InChI=1S/C33H36N8O3/c42-31(28-14-21(7-8-34-28)18-40-9-1-2-25(19-40)38-32(43)33-16-23(33)17-33)37-24-5-3-22(4-6-24)27-15-26-29(39-27)35-20-36-30(26)41-10-12-44-13-11-41/h3-8,14-15,20,23,25H,1-2,9-13,16-19H2,(H,37,42)(H,38,43)(H,35,36,39)/t23?,25-,33?/m1/s1. The molecule has 5 heterocycles. The highest BCUT2D eigenvalue weighted by atomic mass is 16.5. The van der Waals surface area contributed by atoms with Crippen molar-refractivity contribution in [3.8, 4) is 11.3 Å². The summed E-state index contributed by atoms with van der Waals surface area (Å²) in [5.74, 6) is 1.59. The quantitative estimate of drug-likeness (QED) is 0.283. The maximum absolute atomic E-state index is 13.1. The minimum absolute atomic E-state index is 0.00881. The van der Waals surface area contributed by atoms with Crippen LogP contribution in [0.3, 0.4) is 0 Å². The summed E-state index contributed by atoms with van der Waals surface area (Å²) < 4.78 is 5.50. The SMILES string of the molecule is O=C(Nc1ccc(-c2cc3c(N4CCOCC4)ncnc3[nH]2)cc1)c1cc(CN2CCC[C@@H](NC(=O)C34CC3C4)C2)ccn1. The van der Waals surface area contributed by atoms with Crippen LogP contribution < -0.4 is 15.5 Å². The summed E-state index contributed by atoms with van der Waals surface area (Å²) in [6.45, 7) is 5.52. The van der Waals surface area contributed by atoms with Gasteiger partial charge in [-0.05, 0) is 79.6 Å². The van der Waals surface area contributed by atoms with Crippen LogP contribution >= 0.6 is 0 Å². The van der Waals surface area contributed by atoms with Crippen molar-refractivity contribution in [2.24, 2.45) is 11.3 Å². The van der Waals surface area contributed by atoms with Crippen LogP contribution in [0, 0.1) is 11.3 Å². The molecule has 11 nitrogen and oxygen atoms in total. The zero-order valence-corrected chi connectivity index (χ0v) is 24.6. The molecule has 226 valence electrons. The number of fused-ring (bicyclic) bond motifs is 2. The molecule has 4 fully saturated rings. The third-order valence-electron chi connectivity index (χ3n) is 9.61. The molecule has 4 aromatic rings. The molecule has 0 radical (unpaired) electrons. The maximum Gasteiger partial charge on any atom is 0.274 e. The maximum atomic E-state index is 13.1. The lowest BCUT2D eigenvalue weighted by molar-refractivity contribution is -0.125. The molecule has 0 unspecified atom stereocenters. The Morgan fingerprint density at radius 3 is 2.64 bits per heavy atom. The number of nitrogens with zero attached hydrogens (tertiary/aromatic N) is 5. The third kappa shape index (κ3) is 5.30. The van der Waals surface area contributed by atoms with E-state index in [-0.39, 0.29) is 23.3 Å². The molecular weight excluding hydrogens is 556 g/mol. The number of carbonyl (C=O) groups excluding carboxylic acids is 2. The predicted octanol–water partition coefficient (Wildman–Crippen LogP) is 3.60. The number of H-pyrrole nitrogens is 1. The van der Waals surface area contributed by atoms with Gasteiger partial charge in [-0.15, -0.1) is 0 Å². The predicted molar refractivity (Wildman–Crippen MR) is 166 cm³/mol. The number of hydrogen-bond donors (Lipinski definition) is 3. The van der Waals surface area contributed by atoms with E-state index in [1.54, 1.807) is 12.5 Å². The first kappa shape index (κ1) is 27.2. The number of pyridine rings is 1. The van der Waals surface area contributed by atoms with Crippen LogP contribution in [0.2, 0.25) is 0 Å². The molecule has 0 spiro atoms. The zero-order valence-electron chi connectivity index (χ0n) is 24.6. The lowest BCUT2D eigenvalue weighted by atomic mass is 10.0. The van der Waals surface area contributed by atoms with Gasteiger partial charge in [-0.25, -0.2) is 9.97 Å². The van der Waals surface area contributed by atoms with Gasteiger partial charge < -0.3 is 25.3 Å². The first-order valence-corrected chi connectivity index (χ1v) is 15.6. The van der Waals surface area contributed by atoms with Gasteiger partial charge in [0.1, 0.15) is 23.5 Å². The minimum atomic E-state index is -0.248. The molecule has 4 aliphatic rings. The van der Waals surface area contributed by atoms with Crippen LogP contribution in [0.1, 0.15) is 41.7 Å². The lowest BCUT2D eigenvalue weighted by Gasteiger charge is -2.33. The minimum Gasteiger partial charge on any atom is -0.378 e. The van der Waals surface area contributed by atoms with Crippen LogP contribution in [-0.2, 0) is 16.1 Å². The Morgan fingerprint density at radius 1 is 1.02 bits per heavy atom. The molecule has 44 heavy (non-hydrogen) atoms. The summed E-state index contributed by atoms with van der Waals surface area (Å²) in [6, 6.07) is 13.8.